The predicted octanol–water partition coefficient (Wildman–Crippen LogP) is 4.72. The highest BCUT2D eigenvalue weighted by Crippen LogP contribution is 2.66. The number of fused-ring (bicyclic) bond motifs is 5. The van der Waals surface area contributed by atoms with Crippen LogP contribution in [0.2, 0.25) is 0 Å². The summed E-state index contributed by atoms with van der Waals surface area (Å²) in [5, 5.41) is 0. The van der Waals surface area contributed by atoms with Crippen LogP contribution >= 0.6 is 0 Å². The minimum Gasteiger partial charge on any atom is -0.339 e. The van der Waals surface area contributed by atoms with Crippen LogP contribution in [0.25, 0.3) is 5.57 Å². The molecule has 4 nitrogen and oxygen atoms in total. The number of carbonyl (C=O) groups excluding carboxylic acids is 1. The zero-order chi connectivity index (χ0) is 19.5. The third-order valence-electron chi connectivity index (χ3n) is 9.13. The lowest BCUT2D eigenvalue weighted by atomic mass is 9.47. The topological polar surface area (TPSA) is 46.1 Å². The van der Waals surface area contributed by atoms with Crippen molar-refractivity contribution >= 4 is 11.5 Å². The van der Waals surface area contributed by atoms with Crippen LogP contribution in [0.15, 0.2) is 24.7 Å². The normalized spacial score (nSPS) is 42.2. The Labute approximate surface area is 168 Å². The SMILES string of the molecule is CC(=O)N1CCCC2(C)C1CCC1[C@@H]2CC[C@]2(C)C(c3cnccn3)=CC[C@@H]12. The number of likely N-dealkylation sites (tertiary alicyclic amines) is 1. The Morgan fingerprint density at radius 2 is 2.00 bits per heavy atom. The van der Waals surface area contributed by atoms with Crippen LogP contribution in [0.5, 0.6) is 0 Å². The second-order valence-corrected chi connectivity index (χ2v) is 10.2. The van der Waals surface area contributed by atoms with E-state index in [9.17, 15) is 4.79 Å². The molecule has 0 N–H and O–H groups in total. The van der Waals surface area contributed by atoms with Gasteiger partial charge in [-0.3, -0.25) is 14.8 Å². The zero-order valence-electron chi connectivity index (χ0n) is 17.5. The number of nitrogens with zero attached hydrogens (tertiary/aromatic N) is 3. The average molecular weight is 380 g/mol. The fourth-order valence-corrected chi connectivity index (χ4v) is 7.87. The monoisotopic (exact) mass is 379 g/mol. The van der Waals surface area contributed by atoms with Gasteiger partial charge in [-0.15, -0.1) is 0 Å². The molecule has 3 aliphatic carbocycles. The molecule has 5 rings (SSSR count). The van der Waals surface area contributed by atoms with Gasteiger partial charge in [0.2, 0.25) is 5.91 Å². The smallest absolute Gasteiger partial charge is 0.219 e. The molecule has 1 aromatic rings. The number of aromatic nitrogens is 2. The molecule has 150 valence electrons. The van der Waals surface area contributed by atoms with Crippen LogP contribution < -0.4 is 0 Å². The molecule has 4 heteroatoms. The largest absolute Gasteiger partial charge is 0.339 e. The van der Waals surface area contributed by atoms with Crippen molar-refractivity contribution in [3.63, 3.8) is 0 Å². The highest BCUT2D eigenvalue weighted by Gasteiger charge is 2.59. The van der Waals surface area contributed by atoms with Crippen molar-refractivity contribution in [2.75, 3.05) is 6.54 Å². The van der Waals surface area contributed by atoms with Crippen molar-refractivity contribution in [1.29, 1.82) is 0 Å². The predicted molar refractivity (Wildman–Crippen MR) is 110 cm³/mol. The molecule has 0 spiro atoms. The summed E-state index contributed by atoms with van der Waals surface area (Å²) in [6.45, 7) is 7.73. The molecule has 4 aliphatic rings. The van der Waals surface area contributed by atoms with Gasteiger partial charge in [-0.25, -0.2) is 0 Å². The van der Waals surface area contributed by atoms with E-state index in [0.717, 1.165) is 24.1 Å². The first-order valence-electron chi connectivity index (χ1n) is 11.2. The Morgan fingerprint density at radius 1 is 1.14 bits per heavy atom. The molecule has 2 heterocycles. The molecule has 2 saturated carbocycles. The van der Waals surface area contributed by atoms with E-state index < -0.39 is 0 Å². The van der Waals surface area contributed by atoms with Crippen molar-refractivity contribution in [1.82, 2.24) is 14.9 Å². The molecule has 0 radical (unpaired) electrons. The number of amides is 1. The third-order valence-corrected chi connectivity index (χ3v) is 9.13. The lowest BCUT2D eigenvalue weighted by Gasteiger charge is -2.62. The van der Waals surface area contributed by atoms with Gasteiger partial charge in [-0.2, -0.15) is 0 Å². The average Bonchev–Trinajstić information content (AvgIpc) is 3.04. The first-order valence-corrected chi connectivity index (χ1v) is 11.2. The molecular formula is C24H33N3O. The maximum atomic E-state index is 12.3. The maximum absolute atomic E-state index is 12.3. The summed E-state index contributed by atoms with van der Waals surface area (Å²) in [5.41, 5.74) is 3.04. The number of hydrogen-bond acceptors (Lipinski definition) is 3. The standard InChI is InChI=1S/C24H33N3O/c1-16(28)27-14-4-10-24(3)19-9-11-23(2)18(17(19)5-8-22(24)27)6-7-20(23)21-15-25-12-13-26-21/h7,12-13,15,17-19,22H,4-6,8-11,14H2,1-3H3/t17?,18-,19-,22?,23-,24?/m0/s1. The summed E-state index contributed by atoms with van der Waals surface area (Å²) in [6, 6.07) is 0.457. The second kappa shape index (κ2) is 6.40. The Kier molecular flexibility index (Phi) is 4.19. The lowest BCUT2D eigenvalue weighted by Crippen LogP contribution is -2.61. The molecule has 1 amide bonds. The Hall–Kier alpha value is -1.71. The van der Waals surface area contributed by atoms with Gasteiger partial charge in [0.1, 0.15) is 0 Å². The van der Waals surface area contributed by atoms with Gasteiger partial charge in [-0.05, 0) is 79.1 Å². The molecule has 0 bridgehead atoms. The second-order valence-electron chi connectivity index (χ2n) is 10.2. The fraction of sp³-hybridized carbons (Fsp3) is 0.708. The van der Waals surface area contributed by atoms with Crippen molar-refractivity contribution in [2.24, 2.45) is 28.6 Å². The summed E-state index contributed by atoms with van der Waals surface area (Å²) >= 11 is 0. The summed E-state index contributed by atoms with van der Waals surface area (Å²) in [6.07, 6.45) is 16.6. The van der Waals surface area contributed by atoms with E-state index in [4.69, 9.17) is 0 Å². The minimum absolute atomic E-state index is 0.231. The van der Waals surface area contributed by atoms with E-state index in [1.54, 1.807) is 13.1 Å². The van der Waals surface area contributed by atoms with E-state index in [-0.39, 0.29) is 11.3 Å². The molecule has 1 saturated heterocycles. The molecule has 28 heavy (non-hydrogen) atoms. The molecular weight excluding hydrogens is 346 g/mol. The van der Waals surface area contributed by atoms with Crippen molar-refractivity contribution < 1.29 is 4.79 Å². The van der Waals surface area contributed by atoms with Crippen LogP contribution in [-0.4, -0.2) is 33.4 Å². The summed E-state index contributed by atoms with van der Waals surface area (Å²) in [7, 11) is 0. The molecule has 1 aliphatic heterocycles. The highest BCUT2D eigenvalue weighted by molar-refractivity contribution is 5.74. The Bertz CT molecular complexity index is 805. The van der Waals surface area contributed by atoms with Crippen LogP contribution in [0, 0.1) is 28.6 Å². The van der Waals surface area contributed by atoms with E-state index in [1.165, 1.54) is 50.5 Å². The number of allylic oxidation sites excluding steroid dienone is 2. The van der Waals surface area contributed by atoms with E-state index in [2.05, 4.69) is 34.8 Å². The Balaban J connectivity index is 1.45. The summed E-state index contributed by atoms with van der Waals surface area (Å²) in [5.74, 6) is 2.52. The first kappa shape index (κ1) is 18.3. The van der Waals surface area contributed by atoms with E-state index in [1.807, 2.05) is 12.4 Å². The van der Waals surface area contributed by atoms with Gasteiger partial charge in [0.05, 0.1) is 11.9 Å². The molecule has 0 aromatic carbocycles. The third kappa shape index (κ3) is 2.45. The van der Waals surface area contributed by atoms with Gasteiger partial charge in [-0.1, -0.05) is 19.9 Å². The quantitative estimate of drug-likeness (QED) is 0.709. The van der Waals surface area contributed by atoms with Gasteiger partial charge in [0.15, 0.2) is 0 Å². The van der Waals surface area contributed by atoms with Crippen LogP contribution in [0.4, 0.5) is 0 Å². The number of hydrogen-bond donors (Lipinski definition) is 0. The van der Waals surface area contributed by atoms with Gasteiger partial charge in [0, 0.05) is 31.9 Å². The number of piperidine rings is 1. The summed E-state index contributed by atoms with van der Waals surface area (Å²) in [4.78, 5) is 23.5. The highest BCUT2D eigenvalue weighted by atomic mass is 16.2. The van der Waals surface area contributed by atoms with Gasteiger partial charge >= 0.3 is 0 Å². The van der Waals surface area contributed by atoms with Crippen molar-refractivity contribution in [3.8, 4) is 0 Å². The number of rotatable bonds is 1. The molecule has 6 atom stereocenters. The minimum atomic E-state index is 0.231. The molecule has 3 unspecified atom stereocenters. The molecule has 1 aromatic heterocycles. The van der Waals surface area contributed by atoms with E-state index in [0.29, 0.717) is 17.4 Å². The number of carbonyl (C=O) groups is 1. The zero-order valence-corrected chi connectivity index (χ0v) is 17.5. The Morgan fingerprint density at radius 3 is 2.75 bits per heavy atom. The van der Waals surface area contributed by atoms with Crippen molar-refractivity contribution in [3.05, 3.63) is 30.4 Å². The maximum Gasteiger partial charge on any atom is 0.219 e. The fourth-order valence-electron chi connectivity index (χ4n) is 7.87. The van der Waals surface area contributed by atoms with Gasteiger partial charge in [0.25, 0.3) is 0 Å². The first-order chi connectivity index (χ1) is 13.4. The van der Waals surface area contributed by atoms with Gasteiger partial charge < -0.3 is 4.90 Å². The summed E-state index contributed by atoms with van der Waals surface area (Å²) < 4.78 is 0. The van der Waals surface area contributed by atoms with Crippen molar-refractivity contribution in [2.45, 2.75) is 71.8 Å². The molecule has 3 fully saturated rings. The van der Waals surface area contributed by atoms with E-state index >= 15 is 0 Å². The van der Waals surface area contributed by atoms with Crippen LogP contribution in [-0.2, 0) is 4.79 Å². The van der Waals surface area contributed by atoms with Crippen LogP contribution in [0.1, 0.15) is 71.4 Å². The lowest BCUT2D eigenvalue weighted by molar-refractivity contribution is -0.151. The van der Waals surface area contributed by atoms with Crippen LogP contribution in [0.3, 0.4) is 0 Å².